The summed E-state index contributed by atoms with van der Waals surface area (Å²) >= 11 is 0. The van der Waals surface area contributed by atoms with Gasteiger partial charge >= 0.3 is 6.16 Å². The van der Waals surface area contributed by atoms with Crippen molar-refractivity contribution in [2.75, 3.05) is 0 Å². The molecule has 134 valence electrons. The topological polar surface area (TPSA) is 35.5 Å². The lowest BCUT2D eigenvalue weighted by Gasteiger charge is -2.17. The van der Waals surface area contributed by atoms with Crippen molar-refractivity contribution in [3.05, 3.63) is 65.7 Å². The number of hydrogen-bond acceptors (Lipinski definition) is 3. The van der Waals surface area contributed by atoms with E-state index in [0.717, 1.165) is 24.0 Å². The maximum Gasteiger partial charge on any atom is 0.514 e. The molecule has 0 saturated carbocycles. The molecule has 2 aromatic carbocycles. The molecule has 1 atom stereocenters. The van der Waals surface area contributed by atoms with Crippen molar-refractivity contribution in [1.82, 2.24) is 0 Å². The minimum Gasteiger partial charge on any atom is -0.426 e. The Morgan fingerprint density at radius 2 is 1.64 bits per heavy atom. The zero-order valence-corrected chi connectivity index (χ0v) is 15.2. The molecule has 1 unspecified atom stereocenters. The zero-order chi connectivity index (χ0) is 17.9. The minimum absolute atomic E-state index is 0.287. The van der Waals surface area contributed by atoms with Crippen LogP contribution in [0, 0.1) is 0 Å². The van der Waals surface area contributed by atoms with Crippen molar-refractivity contribution in [3.63, 3.8) is 0 Å². The molecule has 0 N–H and O–H groups in total. The number of unbranched alkanes of at least 4 members (excludes halogenated alkanes) is 3. The molecule has 25 heavy (non-hydrogen) atoms. The fourth-order valence-corrected chi connectivity index (χ4v) is 2.84. The molecular weight excluding hydrogens is 312 g/mol. The summed E-state index contributed by atoms with van der Waals surface area (Å²) in [6.07, 6.45) is 5.44. The predicted molar refractivity (Wildman–Crippen MR) is 101 cm³/mol. The molecule has 3 nitrogen and oxygen atoms in total. The number of hydrogen-bond donors (Lipinski definition) is 0. The van der Waals surface area contributed by atoms with E-state index in [1.54, 1.807) is 0 Å². The number of para-hydroxylation sites is 1. The van der Waals surface area contributed by atoms with Gasteiger partial charge in [0.2, 0.25) is 0 Å². The zero-order valence-electron chi connectivity index (χ0n) is 15.2. The van der Waals surface area contributed by atoms with Crippen LogP contribution in [0.5, 0.6) is 5.75 Å². The van der Waals surface area contributed by atoms with Gasteiger partial charge in [0.25, 0.3) is 0 Å². The highest BCUT2D eigenvalue weighted by molar-refractivity contribution is 5.65. The Hall–Kier alpha value is -2.29. The second-order valence-electron chi connectivity index (χ2n) is 6.20. The van der Waals surface area contributed by atoms with Gasteiger partial charge in [0.05, 0.1) is 0 Å². The standard InChI is InChI=1S/C22H28O3/c1-3-5-6-8-15-19-16-11-12-17-21(19)25-22(23)24-20(4-2)18-13-9-7-10-14-18/h7,9-14,16-17,20H,3-6,8,15H2,1-2H3. The minimum atomic E-state index is -0.642. The number of carbonyl (C=O) groups is 1. The first kappa shape index (κ1) is 19.0. The molecule has 0 spiro atoms. The maximum absolute atomic E-state index is 12.2. The van der Waals surface area contributed by atoms with Gasteiger partial charge in [-0.15, -0.1) is 0 Å². The first-order valence-electron chi connectivity index (χ1n) is 9.25. The Balaban J connectivity index is 1.95. The fourth-order valence-electron chi connectivity index (χ4n) is 2.84. The molecule has 0 aliphatic heterocycles. The van der Waals surface area contributed by atoms with Crippen LogP contribution in [0.4, 0.5) is 4.79 Å². The Bertz CT molecular complexity index is 637. The van der Waals surface area contributed by atoms with E-state index < -0.39 is 6.16 Å². The van der Waals surface area contributed by atoms with E-state index in [-0.39, 0.29) is 6.10 Å². The summed E-state index contributed by atoms with van der Waals surface area (Å²) < 4.78 is 11.0. The second kappa shape index (κ2) is 10.5. The Morgan fingerprint density at radius 1 is 0.920 bits per heavy atom. The van der Waals surface area contributed by atoms with Crippen LogP contribution >= 0.6 is 0 Å². The smallest absolute Gasteiger partial charge is 0.426 e. The second-order valence-corrected chi connectivity index (χ2v) is 6.20. The summed E-state index contributed by atoms with van der Waals surface area (Å²) in [7, 11) is 0. The third-order valence-electron chi connectivity index (χ3n) is 4.25. The van der Waals surface area contributed by atoms with E-state index in [2.05, 4.69) is 6.92 Å². The van der Waals surface area contributed by atoms with Gasteiger partial charge in [0.15, 0.2) is 0 Å². The van der Waals surface area contributed by atoms with Gasteiger partial charge in [-0.25, -0.2) is 4.79 Å². The van der Waals surface area contributed by atoms with Crippen molar-refractivity contribution in [1.29, 1.82) is 0 Å². The number of carbonyl (C=O) groups excluding carboxylic acids is 1. The average Bonchev–Trinajstić information content (AvgIpc) is 2.65. The van der Waals surface area contributed by atoms with Crippen LogP contribution < -0.4 is 4.74 Å². The van der Waals surface area contributed by atoms with Crippen LogP contribution in [0.25, 0.3) is 0 Å². The van der Waals surface area contributed by atoms with E-state index in [0.29, 0.717) is 12.2 Å². The number of benzene rings is 2. The SMILES string of the molecule is CCCCCCc1ccccc1OC(=O)OC(CC)c1ccccc1. The lowest BCUT2D eigenvalue weighted by atomic mass is 10.1. The molecule has 0 radical (unpaired) electrons. The first-order chi connectivity index (χ1) is 12.2. The van der Waals surface area contributed by atoms with Crippen LogP contribution in [0.1, 0.15) is 63.2 Å². The number of ether oxygens (including phenoxy) is 2. The highest BCUT2D eigenvalue weighted by Crippen LogP contribution is 2.24. The molecule has 0 bridgehead atoms. The van der Waals surface area contributed by atoms with Gasteiger partial charge in [0.1, 0.15) is 11.9 Å². The van der Waals surface area contributed by atoms with Gasteiger partial charge in [-0.1, -0.05) is 81.6 Å². The molecular formula is C22H28O3. The first-order valence-corrected chi connectivity index (χ1v) is 9.25. The van der Waals surface area contributed by atoms with Gasteiger partial charge in [0, 0.05) is 0 Å². The van der Waals surface area contributed by atoms with Crippen LogP contribution in [0.3, 0.4) is 0 Å². The molecule has 2 rings (SSSR count). The average molecular weight is 340 g/mol. The van der Waals surface area contributed by atoms with E-state index in [4.69, 9.17) is 9.47 Å². The van der Waals surface area contributed by atoms with Crippen molar-refractivity contribution in [3.8, 4) is 5.75 Å². The molecule has 0 amide bonds. The molecule has 3 heteroatoms. The lowest BCUT2D eigenvalue weighted by Crippen LogP contribution is -2.15. The van der Waals surface area contributed by atoms with Crippen molar-refractivity contribution in [2.45, 2.75) is 58.5 Å². The van der Waals surface area contributed by atoms with Gasteiger partial charge < -0.3 is 9.47 Å². The highest BCUT2D eigenvalue weighted by Gasteiger charge is 2.17. The molecule has 0 heterocycles. The summed E-state index contributed by atoms with van der Waals surface area (Å²) in [5.74, 6) is 0.604. The predicted octanol–water partition coefficient (Wildman–Crippen LogP) is 6.48. The molecule has 0 fully saturated rings. The summed E-state index contributed by atoms with van der Waals surface area (Å²) in [6.45, 7) is 4.19. The summed E-state index contributed by atoms with van der Waals surface area (Å²) in [6, 6.07) is 17.5. The Labute approximate surface area is 151 Å². The largest absolute Gasteiger partial charge is 0.514 e. The van der Waals surface area contributed by atoms with Gasteiger partial charge in [-0.2, -0.15) is 0 Å². The highest BCUT2D eigenvalue weighted by atomic mass is 16.7. The Morgan fingerprint density at radius 3 is 2.36 bits per heavy atom. The molecule has 0 aliphatic rings. The van der Waals surface area contributed by atoms with E-state index in [1.165, 1.54) is 19.3 Å². The van der Waals surface area contributed by atoms with Crippen LogP contribution in [0.2, 0.25) is 0 Å². The van der Waals surface area contributed by atoms with Crippen LogP contribution in [-0.4, -0.2) is 6.16 Å². The summed E-state index contributed by atoms with van der Waals surface area (Å²) in [5.41, 5.74) is 2.04. The lowest BCUT2D eigenvalue weighted by molar-refractivity contribution is 0.0558. The summed E-state index contributed by atoms with van der Waals surface area (Å²) in [5, 5.41) is 0. The monoisotopic (exact) mass is 340 g/mol. The third-order valence-corrected chi connectivity index (χ3v) is 4.25. The maximum atomic E-state index is 12.2. The number of rotatable bonds is 9. The van der Waals surface area contributed by atoms with Crippen molar-refractivity contribution in [2.24, 2.45) is 0 Å². The molecule has 0 aliphatic carbocycles. The number of aryl methyl sites for hydroxylation is 1. The van der Waals surface area contributed by atoms with Crippen LogP contribution in [-0.2, 0) is 11.2 Å². The molecule has 0 saturated heterocycles. The van der Waals surface area contributed by atoms with Crippen LogP contribution in [0.15, 0.2) is 54.6 Å². The van der Waals surface area contributed by atoms with E-state index >= 15 is 0 Å². The molecule has 0 aromatic heterocycles. The van der Waals surface area contributed by atoms with Gasteiger partial charge in [-0.3, -0.25) is 0 Å². The van der Waals surface area contributed by atoms with Gasteiger partial charge in [-0.05, 0) is 36.5 Å². The summed E-state index contributed by atoms with van der Waals surface area (Å²) in [4.78, 5) is 12.2. The van der Waals surface area contributed by atoms with E-state index in [1.807, 2.05) is 61.5 Å². The molecule has 2 aromatic rings. The fraction of sp³-hybridized carbons (Fsp3) is 0.409. The van der Waals surface area contributed by atoms with Crippen molar-refractivity contribution < 1.29 is 14.3 Å². The van der Waals surface area contributed by atoms with E-state index in [9.17, 15) is 4.79 Å². The Kier molecular flexibility index (Phi) is 8.03. The quantitative estimate of drug-likeness (QED) is 0.298. The normalized spacial score (nSPS) is 11.8. The third kappa shape index (κ3) is 6.26. The van der Waals surface area contributed by atoms with Crippen molar-refractivity contribution >= 4 is 6.16 Å².